The minimum Gasteiger partial charge on any atom is -1.00 e. The summed E-state index contributed by atoms with van der Waals surface area (Å²) in [6.45, 7) is 0. The molecular formula is C8H17KNO4+. The summed E-state index contributed by atoms with van der Waals surface area (Å²) in [4.78, 5) is 19.1. The molecule has 0 aliphatic rings. The molecule has 0 atom stereocenters. The summed E-state index contributed by atoms with van der Waals surface area (Å²) in [5, 5.41) is 15.6. The van der Waals surface area contributed by atoms with Gasteiger partial charge in [0.2, 0.25) is 0 Å². The molecule has 0 aromatic rings. The predicted molar refractivity (Wildman–Crippen MR) is 49.5 cm³/mol. The molecule has 6 heteroatoms. The number of rotatable bonds is 2. The number of carboxylic acids is 2. The molecule has 0 heterocycles. The fraction of sp³-hybridized carbons (Fsp3) is 0.500. The van der Waals surface area contributed by atoms with Crippen molar-refractivity contribution in [1.82, 2.24) is 0 Å². The van der Waals surface area contributed by atoms with Gasteiger partial charge in [-0.25, -0.2) is 9.59 Å². The van der Waals surface area contributed by atoms with E-state index in [-0.39, 0.29) is 52.8 Å². The molecule has 0 aliphatic heterocycles. The number of carboxylic acid groups (broad SMARTS) is 2. The molecule has 2 N–H and O–H groups in total. The second-order valence-electron chi connectivity index (χ2n) is 3.69. The van der Waals surface area contributed by atoms with Gasteiger partial charge < -0.3 is 16.1 Å². The van der Waals surface area contributed by atoms with Crippen molar-refractivity contribution in [2.24, 2.45) is 0 Å². The summed E-state index contributed by atoms with van der Waals surface area (Å²) in [5.41, 5.74) is 0. The predicted octanol–water partition coefficient (Wildman–Crippen LogP) is -2.85. The maximum atomic E-state index is 9.55. The summed E-state index contributed by atoms with van der Waals surface area (Å²) in [7, 11) is 8.50. The van der Waals surface area contributed by atoms with Gasteiger partial charge in [0, 0.05) is 12.2 Å². The fourth-order valence-corrected chi connectivity index (χ4v) is 0.143. The van der Waals surface area contributed by atoms with E-state index in [1.54, 1.807) is 0 Å². The molecule has 5 nitrogen and oxygen atoms in total. The first-order valence-corrected chi connectivity index (χ1v) is 3.55. The fourth-order valence-electron chi connectivity index (χ4n) is 0.143. The zero-order valence-corrected chi connectivity index (χ0v) is 12.4. The average Bonchev–Trinajstić information content (AvgIpc) is 1.79. The van der Waals surface area contributed by atoms with Crippen molar-refractivity contribution in [1.29, 1.82) is 0 Å². The molecular weight excluding hydrogens is 213 g/mol. The van der Waals surface area contributed by atoms with Crippen LogP contribution < -0.4 is 51.4 Å². The Morgan fingerprint density at radius 2 is 1.14 bits per heavy atom. The Hall–Kier alpha value is 0.276. The Labute approximate surface area is 128 Å². The molecule has 0 saturated heterocycles. The van der Waals surface area contributed by atoms with Crippen LogP contribution in [0, 0.1) is 0 Å². The van der Waals surface area contributed by atoms with Crippen molar-refractivity contribution in [2.45, 2.75) is 0 Å². The van der Waals surface area contributed by atoms with E-state index < -0.39 is 11.9 Å². The minimum atomic E-state index is -1.26. The van der Waals surface area contributed by atoms with Gasteiger partial charge in [-0.05, 0) is 0 Å². The molecule has 0 saturated carbocycles. The quantitative estimate of drug-likeness (QED) is 0.304. The second kappa shape index (κ2) is 9.82. The average molecular weight is 230 g/mol. The van der Waals surface area contributed by atoms with Crippen LogP contribution in [-0.4, -0.2) is 54.8 Å². The molecule has 78 valence electrons. The number of hydrogen-bond donors (Lipinski definition) is 2. The summed E-state index contributed by atoms with van der Waals surface area (Å²) in [6, 6.07) is 0. The summed E-state index contributed by atoms with van der Waals surface area (Å²) >= 11 is 0. The maximum absolute atomic E-state index is 9.55. The Kier molecular flexibility index (Phi) is 13.9. The van der Waals surface area contributed by atoms with Crippen LogP contribution in [0.2, 0.25) is 0 Å². The van der Waals surface area contributed by atoms with Crippen LogP contribution in [0.1, 0.15) is 1.43 Å². The standard InChI is InChI=1S/C4H12N.C4H4O4.K.H/c1-5(2,3)4;5-3(6)1-2-4(7)8;;/h1-4H3;1-2H,(H,5,6)(H,7,8);;/q+1;;+1;-1/b;2-1-;;. The largest absolute Gasteiger partial charge is 1.00 e. The molecule has 0 amide bonds. The van der Waals surface area contributed by atoms with Gasteiger partial charge in [-0.2, -0.15) is 0 Å². The topological polar surface area (TPSA) is 74.6 Å². The van der Waals surface area contributed by atoms with Gasteiger partial charge in [-0.1, -0.05) is 0 Å². The maximum Gasteiger partial charge on any atom is 1.00 e. The smallest absolute Gasteiger partial charge is 1.00 e. The second-order valence-corrected chi connectivity index (χ2v) is 3.69. The van der Waals surface area contributed by atoms with Crippen molar-refractivity contribution in [3.8, 4) is 0 Å². The van der Waals surface area contributed by atoms with E-state index >= 15 is 0 Å². The zero-order chi connectivity index (χ0) is 11.1. The van der Waals surface area contributed by atoms with Crippen LogP contribution in [-0.2, 0) is 9.59 Å². The molecule has 0 rings (SSSR count). The van der Waals surface area contributed by atoms with Crippen molar-refractivity contribution in [2.75, 3.05) is 28.2 Å². The van der Waals surface area contributed by atoms with Crippen molar-refractivity contribution >= 4 is 11.9 Å². The van der Waals surface area contributed by atoms with E-state index in [1.807, 2.05) is 0 Å². The minimum absolute atomic E-state index is 0. The van der Waals surface area contributed by atoms with Gasteiger partial charge in [0.25, 0.3) is 0 Å². The SMILES string of the molecule is C[N+](C)(C)C.O=C(O)/C=C\C(=O)O.[H-].[K+]. The number of aliphatic carboxylic acids is 2. The number of nitrogens with zero attached hydrogens (tertiary/aromatic N) is 1. The van der Waals surface area contributed by atoms with Gasteiger partial charge in [-0.3, -0.25) is 0 Å². The van der Waals surface area contributed by atoms with Gasteiger partial charge >= 0.3 is 63.3 Å². The van der Waals surface area contributed by atoms with E-state index in [1.165, 1.54) is 0 Å². The third kappa shape index (κ3) is 56.1. The third-order valence-corrected chi connectivity index (χ3v) is 0.368. The van der Waals surface area contributed by atoms with E-state index in [9.17, 15) is 9.59 Å². The van der Waals surface area contributed by atoms with E-state index in [2.05, 4.69) is 28.2 Å². The number of hydrogen-bond acceptors (Lipinski definition) is 2. The van der Waals surface area contributed by atoms with Crippen molar-refractivity contribution < 1.29 is 77.1 Å². The molecule has 0 aromatic carbocycles. The van der Waals surface area contributed by atoms with E-state index in [0.717, 1.165) is 4.48 Å². The van der Waals surface area contributed by atoms with Crippen LogP contribution >= 0.6 is 0 Å². The third-order valence-electron chi connectivity index (χ3n) is 0.368. The zero-order valence-electron chi connectivity index (χ0n) is 10.3. The molecule has 0 spiro atoms. The molecule has 14 heavy (non-hydrogen) atoms. The molecule has 0 aliphatic carbocycles. The first-order valence-electron chi connectivity index (χ1n) is 3.55. The first-order chi connectivity index (χ1) is 5.63. The van der Waals surface area contributed by atoms with E-state index in [0.29, 0.717) is 12.2 Å². The van der Waals surface area contributed by atoms with Gasteiger partial charge in [0.1, 0.15) is 0 Å². The summed E-state index contributed by atoms with van der Waals surface area (Å²) in [6.07, 6.45) is 1.12. The number of carbonyl (C=O) groups is 2. The molecule has 0 radical (unpaired) electrons. The monoisotopic (exact) mass is 230 g/mol. The van der Waals surface area contributed by atoms with Crippen LogP contribution in [0.4, 0.5) is 0 Å². The van der Waals surface area contributed by atoms with Crippen molar-refractivity contribution in [3.63, 3.8) is 0 Å². The Bertz CT molecular complexity index is 191. The molecule has 0 fully saturated rings. The van der Waals surface area contributed by atoms with Gasteiger partial charge in [-0.15, -0.1) is 0 Å². The van der Waals surface area contributed by atoms with Crippen LogP contribution in [0.15, 0.2) is 12.2 Å². The van der Waals surface area contributed by atoms with Crippen molar-refractivity contribution in [3.05, 3.63) is 12.2 Å². The summed E-state index contributed by atoms with van der Waals surface area (Å²) in [5.74, 6) is -2.51. The van der Waals surface area contributed by atoms with E-state index in [4.69, 9.17) is 10.2 Å². The molecule has 0 bridgehead atoms. The van der Waals surface area contributed by atoms with Crippen LogP contribution in [0.5, 0.6) is 0 Å². The van der Waals surface area contributed by atoms with Crippen LogP contribution in [0.3, 0.4) is 0 Å². The molecule has 0 unspecified atom stereocenters. The molecule has 0 aromatic heterocycles. The summed E-state index contributed by atoms with van der Waals surface area (Å²) < 4.78 is 1.00. The number of quaternary nitrogens is 1. The van der Waals surface area contributed by atoms with Gasteiger partial charge in [0.15, 0.2) is 0 Å². The van der Waals surface area contributed by atoms with Crippen LogP contribution in [0.25, 0.3) is 0 Å². The Morgan fingerprint density at radius 3 is 1.21 bits per heavy atom. The Balaban J connectivity index is -0.0000000770. The van der Waals surface area contributed by atoms with Gasteiger partial charge in [0.05, 0.1) is 28.2 Å². The first kappa shape index (κ1) is 19.8. The Morgan fingerprint density at radius 1 is 1.00 bits per heavy atom. The normalized spacial score (nSPS) is 9.71.